The summed E-state index contributed by atoms with van der Waals surface area (Å²) in [5.74, 6) is -1.44. The Morgan fingerprint density at radius 2 is 2.11 bits per heavy atom. The normalized spacial score (nSPS) is 24.7. The number of alkyl halides is 1. The molecule has 0 spiro atoms. The predicted molar refractivity (Wildman–Crippen MR) is 29.1 cm³/mol. The fraction of sp³-hybridized carbons (Fsp3) is 1.00. The van der Waals surface area contributed by atoms with Crippen molar-refractivity contribution in [2.24, 2.45) is 0 Å². The van der Waals surface area contributed by atoms with E-state index in [0.29, 0.717) is 13.2 Å². The summed E-state index contributed by atoms with van der Waals surface area (Å²) in [6, 6.07) is 0. The van der Waals surface area contributed by atoms with Gasteiger partial charge in [-0.3, -0.25) is 0 Å². The minimum Gasteiger partial charge on any atom is -0.322 e. The highest BCUT2D eigenvalue weighted by Gasteiger charge is 2.37. The number of hydrogen-bond acceptors (Lipinski definition) is 4. The quantitative estimate of drug-likeness (QED) is 0.356. The van der Waals surface area contributed by atoms with Gasteiger partial charge in [0, 0.05) is 0 Å². The zero-order valence-electron chi connectivity index (χ0n) is 4.67. The Morgan fingerprint density at radius 1 is 1.56 bits per heavy atom. The van der Waals surface area contributed by atoms with E-state index in [2.05, 4.69) is 4.89 Å². The summed E-state index contributed by atoms with van der Waals surface area (Å²) in [4.78, 5) is 3.87. The molecule has 0 aliphatic carbocycles. The van der Waals surface area contributed by atoms with Gasteiger partial charge in [0.2, 0.25) is 0 Å². The molecule has 0 aromatic carbocycles. The van der Waals surface area contributed by atoms with Crippen LogP contribution in [0, 0.1) is 0 Å². The van der Waals surface area contributed by atoms with Crippen LogP contribution in [0.2, 0.25) is 0 Å². The van der Waals surface area contributed by atoms with Crippen molar-refractivity contribution in [3.05, 3.63) is 0 Å². The highest BCUT2D eigenvalue weighted by Crippen LogP contribution is 2.20. The summed E-state index contributed by atoms with van der Waals surface area (Å²) in [6.45, 7) is 0.792. The third-order valence-electron chi connectivity index (χ3n) is 1.03. The number of hydrogen-bond donors (Lipinski definition) is 1. The molecule has 1 aliphatic heterocycles. The SMILES string of the molecule is OOC1(CCl)OCCO1. The Kier molecular flexibility index (Phi) is 2.26. The van der Waals surface area contributed by atoms with Gasteiger partial charge in [-0.25, -0.2) is 5.26 Å². The summed E-state index contributed by atoms with van der Waals surface area (Å²) < 4.78 is 9.62. The van der Waals surface area contributed by atoms with Crippen LogP contribution in [0.5, 0.6) is 0 Å². The lowest BCUT2D eigenvalue weighted by molar-refractivity contribution is -0.453. The van der Waals surface area contributed by atoms with Gasteiger partial charge in [-0.15, -0.1) is 11.6 Å². The largest absolute Gasteiger partial charge is 0.325 e. The molecule has 1 N–H and O–H groups in total. The molecule has 54 valence electrons. The second-order valence-electron chi connectivity index (χ2n) is 1.60. The lowest BCUT2D eigenvalue weighted by atomic mass is 10.7. The first-order valence-corrected chi connectivity index (χ1v) is 3.03. The topological polar surface area (TPSA) is 47.9 Å². The second-order valence-corrected chi connectivity index (χ2v) is 1.87. The zero-order valence-corrected chi connectivity index (χ0v) is 5.43. The van der Waals surface area contributed by atoms with Gasteiger partial charge in [0.1, 0.15) is 5.88 Å². The van der Waals surface area contributed by atoms with Gasteiger partial charge in [0.15, 0.2) is 0 Å². The summed E-state index contributed by atoms with van der Waals surface area (Å²) in [5, 5.41) is 8.18. The lowest BCUT2D eigenvalue weighted by Crippen LogP contribution is -2.34. The highest BCUT2D eigenvalue weighted by atomic mass is 35.5. The zero-order chi connectivity index (χ0) is 6.74. The third kappa shape index (κ3) is 1.33. The molecule has 1 heterocycles. The molecule has 1 fully saturated rings. The Labute approximate surface area is 57.2 Å². The van der Waals surface area contributed by atoms with Crippen LogP contribution in [0.15, 0.2) is 0 Å². The molecule has 5 heteroatoms. The van der Waals surface area contributed by atoms with Crippen molar-refractivity contribution < 1.29 is 19.6 Å². The molecular weight excluding hydrogens is 147 g/mol. The first kappa shape index (κ1) is 7.24. The molecule has 0 atom stereocenters. The smallest absolute Gasteiger partial charge is 0.322 e. The van der Waals surface area contributed by atoms with Gasteiger partial charge in [0.05, 0.1) is 13.2 Å². The van der Waals surface area contributed by atoms with E-state index in [1.807, 2.05) is 0 Å². The van der Waals surface area contributed by atoms with Crippen LogP contribution in [-0.4, -0.2) is 30.3 Å². The first-order chi connectivity index (χ1) is 4.33. The molecule has 1 rings (SSSR count). The van der Waals surface area contributed by atoms with E-state index in [-0.39, 0.29) is 5.88 Å². The number of rotatable bonds is 2. The standard InChI is InChI=1S/C4H7ClO4/c5-3-4(9-6)7-1-2-8-4/h6H,1-3H2. The van der Waals surface area contributed by atoms with Crippen LogP contribution in [-0.2, 0) is 14.4 Å². The molecule has 0 amide bonds. The second kappa shape index (κ2) is 2.81. The first-order valence-electron chi connectivity index (χ1n) is 2.49. The number of halogens is 1. The molecule has 0 saturated carbocycles. The maximum atomic E-state index is 8.18. The molecule has 0 bridgehead atoms. The van der Waals surface area contributed by atoms with Gasteiger partial charge in [-0.2, -0.15) is 4.89 Å². The van der Waals surface area contributed by atoms with E-state index >= 15 is 0 Å². The predicted octanol–water partition coefficient (Wildman–Crippen LogP) is 0.415. The maximum absolute atomic E-state index is 8.18. The molecule has 4 nitrogen and oxygen atoms in total. The fourth-order valence-corrected chi connectivity index (χ4v) is 0.793. The van der Waals surface area contributed by atoms with Crippen LogP contribution < -0.4 is 0 Å². The Bertz CT molecular complexity index is 84.6. The van der Waals surface area contributed by atoms with Crippen LogP contribution in [0.4, 0.5) is 0 Å². The van der Waals surface area contributed by atoms with E-state index < -0.39 is 5.97 Å². The maximum Gasteiger partial charge on any atom is 0.325 e. The Morgan fingerprint density at radius 3 is 2.33 bits per heavy atom. The van der Waals surface area contributed by atoms with Gasteiger partial charge >= 0.3 is 5.97 Å². The van der Waals surface area contributed by atoms with Crippen LogP contribution >= 0.6 is 11.6 Å². The molecule has 1 aliphatic rings. The fourth-order valence-electron chi connectivity index (χ4n) is 0.590. The van der Waals surface area contributed by atoms with E-state index in [1.165, 1.54) is 0 Å². The van der Waals surface area contributed by atoms with Crippen molar-refractivity contribution in [1.29, 1.82) is 0 Å². The highest BCUT2D eigenvalue weighted by molar-refractivity contribution is 6.18. The molecular formula is C4H7ClO4. The lowest BCUT2D eigenvalue weighted by Gasteiger charge is -2.18. The van der Waals surface area contributed by atoms with Gasteiger partial charge in [-0.1, -0.05) is 0 Å². The van der Waals surface area contributed by atoms with Gasteiger partial charge in [-0.05, 0) is 0 Å². The van der Waals surface area contributed by atoms with Crippen molar-refractivity contribution in [3.63, 3.8) is 0 Å². The minimum atomic E-state index is -1.40. The minimum absolute atomic E-state index is 0.0382. The molecule has 0 aromatic rings. The number of ether oxygens (including phenoxy) is 2. The van der Waals surface area contributed by atoms with E-state index in [9.17, 15) is 0 Å². The van der Waals surface area contributed by atoms with Crippen LogP contribution in [0.1, 0.15) is 0 Å². The van der Waals surface area contributed by atoms with Gasteiger partial charge in [0.25, 0.3) is 0 Å². The molecule has 0 radical (unpaired) electrons. The third-order valence-corrected chi connectivity index (χ3v) is 1.36. The van der Waals surface area contributed by atoms with Crippen LogP contribution in [0.3, 0.4) is 0 Å². The monoisotopic (exact) mass is 154 g/mol. The summed E-state index contributed by atoms with van der Waals surface area (Å²) in [7, 11) is 0. The van der Waals surface area contributed by atoms with E-state index in [1.54, 1.807) is 0 Å². The van der Waals surface area contributed by atoms with E-state index in [0.717, 1.165) is 0 Å². The summed E-state index contributed by atoms with van der Waals surface area (Å²) >= 11 is 5.33. The van der Waals surface area contributed by atoms with Crippen molar-refractivity contribution in [3.8, 4) is 0 Å². The molecule has 0 aromatic heterocycles. The average Bonchev–Trinajstić information content (AvgIpc) is 2.36. The molecule has 0 unspecified atom stereocenters. The Balaban J connectivity index is 2.45. The van der Waals surface area contributed by atoms with Crippen molar-refractivity contribution in [1.82, 2.24) is 0 Å². The molecule has 1 saturated heterocycles. The van der Waals surface area contributed by atoms with Gasteiger partial charge < -0.3 is 9.47 Å². The van der Waals surface area contributed by atoms with E-state index in [4.69, 9.17) is 26.3 Å². The summed E-state index contributed by atoms with van der Waals surface area (Å²) in [6.07, 6.45) is 0. The summed E-state index contributed by atoms with van der Waals surface area (Å²) in [5.41, 5.74) is 0. The van der Waals surface area contributed by atoms with Crippen molar-refractivity contribution in [2.75, 3.05) is 19.1 Å². The van der Waals surface area contributed by atoms with Crippen molar-refractivity contribution in [2.45, 2.75) is 5.97 Å². The van der Waals surface area contributed by atoms with Crippen molar-refractivity contribution >= 4 is 11.6 Å². The molecule has 9 heavy (non-hydrogen) atoms. The Hall–Kier alpha value is 0.130. The average molecular weight is 155 g/mol. The van der Waals surface area contributed by atoms with Crippen LogP contribution in [0.25, 0.3) is 0 Å².